The van der Waals surface area contributed by atoms with Crippen LogP contribution in [0.3, 0.4) is 0 Å². The van der Waals surface area contributed by atoms with Crippen LogP contribution in [-0.4, -0.2) is 15.6 Å². The zero-order valence-corrected chi connectivity index (χ0v) is 14.7. The van der Waals surface area contributed by atoms with Crippen LogP contribution in [0.5, 0.6) is 0 Å². The number of nitrogens with zero attached hydrogens (tertiary/aromatic N) is 1. The Balaban J connectivity index is 3.05. The lowest BCUT2D eigenvalue weighted by Gasteiger charge is -2.22. The van der Waals surface area contributed by atoms with Gasteiger partial charge in [0.25, 0.3) is 0 Å². The van der Waals surface area contributed by atoms with E-state index in [1.54, 1.807) is 0 Å². The summed E-state index contributed by atoms with van der Waals surface area (Å²) in [5.41, 5.74) is 5.11. The highest BCUT2D eigenvalue weighted by atomic mass is 16.4. The van der Waals surface area contributed by atoms with Gasteiger partial charge in [-0.1, -0.05) is 34.6 Å². The van der Waals surface area contributed by atoms with Crippen LogP contribution in [0.2, 0.25) is 0 Å². The molecule has 2 aromatic rings. The quantitative estimate of drug-likeness (QED) is 0.858. The monoisotopic (exact) mass is 301 g/mol. The van der Waals surface area contributed by atoms with Crippen LogP contribution in [-0.2, 0) is 12.0 Å². The highest BCUT2D eigenvalue weighted by molar-refractivity contribution is 5.98. The third-order valence-electron chi connectivity index (χ3n) is 4.41. The van der Waals surface area contributed by atoms with Crippen molar-refractivity contribution in [3.05, 3.63) is 34.5 Å². The molecule has 0 radical (unpaired) electrons. The summed E-state index contributed by atoms with van der Waals surface area (Å²) in [4.78, 5) is 11.6. The van der Waals surface area contributed by atoms with Crippen LogP contribution in [0, 0.1) is 6.92 Å². The minimum absolute atomic E-state index is 0.102. The molecule has 3 heteroatoms. The lowest BCUT2D eigenvalue weighted by Crippen LogP contribution is -2.15. The summed E-state index contributed by atoms with van der Waals surface area (Å²) in [5, 5.41) is 10.6. The molecule has 0 fully saturated rings. The third-order valence-corrected chi connectivity index (χ3v) is 4.41. The second kappa shape index (κ2) is 5.45. The molecule has 0 aliphatic heterocycles. The molecule has 22 heavy (non-hydrogen) atoms. The van der Waals surface area contributed by atoms with Gasteiger partial charge in [0, 0.05) is 17.6 Å². The molecule has 1 N–H and O–H groups in total. The standard InChI is InChI=1S/C19H27NO2/c1-8-20-12(4)16(11(2)3)14-9-13(18(21)22)10-15(17(14)20)19(5,6)7/h9-11H,8H2,1-7H3,(H,21,22). The van der Waals surface area contributed by atoms with Crippen molar-refractivity contribution in [3.8, 4) is 0 Å². The van der Waals surface area contributed by atoms with E-state index in [9.17, 15) is 9.90 Å². The van der Waals surface area contributed by atoms with E-state index in [4.69, 9.17) is 0 Å². The summed E-state index contributed by atoms with van der Waals surface area (Å²) in [5.74, 6) is -0.490. The van der Waals surface area contributed by atoms with Gasteiger partial charge in [-0.25, -0.2) is 4.79 Å². The number of aromatic nitrogens is 1. The van der Waals surface area contributed by atoms with Crippen molar-refractivity contribution in [2.45, 2.75) is 66.3 Å². The van der Waals surface area contributed by atoms with Crippen molar-refractivity contribution in [1.29, 1.82) is 0 Å². The van der Waals surface area contributed by atoms with E-state index in [0.717, 1.165) is 17.5 Å². The highest BCUT2D eigenvalue weighted by Gasteiger charge is 2.25. The number of carboxylic acid groups (broad SMARTS) is 1. The number of aromatic carboxylic acids is 1. The summed E-state index contributed by atoms with van der Waals surface area (Å²) < 4.78 is 2.33. The summed E-state index contributed by atoms with van der Waals surface area (Å²) in [6.45, 7) is 16.0. The van der Waals surface area contributed by atoms with Crippen LogP contribution in [0.4, 0.5) is 0 Å². The fourth-order valence-electron chi connectivity index (χ4n) is 3.46. The lowest BCUT2D eigenvalue weighted by atomic mass is 9.83. The maximum absolute atomic E-state index is 11.6. The van der Waals surface area contributed by atoms with Crippen molar-refractivity contribution in [2.75, 3.05) is 0 Å². The van der Waals surface area contributed by atoms with E-state index in [-0.39, 0.29) is 5.41 Å². The van der Waals surface area contributed by atoms with E-state index in [2.05, 4.69) is 53.0 Å². The topological polar surface area (TPSA) is 42.2 Å². The first-order valence-electron chi connectivity index (χ1n) is 8.00. The zero-order chi connectivity index (χ0) is 16.8. The Bertz CT molecular complexity index is 730. The highest BCUT2D eigenvalue weighted by Crippen LogP contribution is 2.38. The maximum Gasteiger partial charge on any atom is 0.335 e. The van der Waals surface area contributed by atoms with E-state index in [1.807, 2.05) is 12.1 Å². The number of benzene rings is 1. The zero-order valence-electron chi connectivity index (χ0n) is 14.7. The van der Waals surface area contributed by atoms with Gasteiger partial charge in [0.05, 0.1) is 11.1 Å². The predicted molar refractivity (Wildman–Crippen MR) is 92.1 cm³/mol. The van der Waals surface area contributed by atoms with Crippen LogP contribution < -0.4 is 0 Å². The summed E-state index contributed by atoms with van der Waals surface area (Å²) >= 11 is 0. The van der Waals surface area contributed by atoms with Gasteiger partial charge >= 0.3 is 5.97 Å². The molecule has 0 aliphatic rings. The number of hydrogen-bond donors (Lipinski definition) is 1. The van der Waals surface area contributed by atoms with Crippen molar-refractivity contribution in [1.82, 2.24) is 4.57 Å². The molecular formula is C19H27NO2. The molecule has 0 saturated carbocycles. The number of aryl methyl sites for hydroxylation is 1. The van der Waals surface area contributed by atoms with Gasteiger partial charge in [-0.15, -0.1) is 0 Å². The van der Waals surface area contributed by atoms with Gasteiger partial charge in [0.15, 0.2) is 0 Å². The summed E-state index contributed by atoms with van der Waals surface area (Å²) in [6, 6.07) is 3.70. The first-order valence-corrected chi connectivity index (χ1v) is 8.00. The second-order valence-electron chi connectivity index (χ2n) is 7.37. The normalized spacial score (nSPS) is 12.4. The molecular weight excluding hydrogens is 274 g/mol. The average Bonchev–Trinajstić information content (AvgIpc) is 2.67. The molecule has 0 saturated heterocycles. The van der Waals surface area contributed by atoms with Gasteiger partial charge in [0.2, 0.25) is 0 Å². The maximum atomic E-state index is 11.6. The van der Waals surface area contributed by atoms with E-state index in [1.165, 1.54) is 16.8 Å². The Labute approximate surface area is 133 Å². The van der Waals surface area contributed by atoms with Gasteiger partial charge in [-0.3, -0.25) is 0 Å². The molecule has 0 aliphatic carbocycles. The molecule has 0 atom stereocenters. The number of hydrogen-bond acceptors (Lipinski definition) is 1. The molecule has 3 nitrogen and oxygen atoms in total. The van der Waals surface area contributed by atoms with E-state index in [0.29, 0.717) is 11.5 Å². The van der Waals surface area contributed by atoms with Gasteiger partial charge in [-0.05, 0) is 48.4 Å². The molecule has 2 rings (SSSR count). The van der Waals surface area contributed by atoms with Crippen LogP contribution in [0.25, 0.3) is 10.9 Å². The number of carboxylic acids is 1. The van der Waals surface area contributed by atoms with Crippen molar-refractivity contribution in [2.24, 2.45) is 0 Å². The van der Waals surface area contributed by atoms with Crippen LogP contribution >= 0.6 is 0 Å². The molecule has 0 unspecified atom stereocenters. The molecule has 1 heterocycles. The summed E-state index contributed by atoms with van der Waals surface area (Å²) in [6.07, 6.45) is 0. The molecule has 120 valence electrons. The SMILES string of the molecule is CCn1c(C)c(C(C)C)c2cc(C(=O)O)cc(C(C)(C)C)c21. The molecule has 1 aromatic carbocycles. The van der Waals surface area contributed by atoms with Gasteiger partial charge in [0.1, 0.15) is 0 Å². The molecule has 0 amide bonds. The average molecular weight is 301 g/mol. The fraction of sp³-hybridized carbons (Fsp3) is 0.526. The first kappa shape index (κ1) is 16.6. The Kier molecular flexibility index (Phi) is 4.12. The third kappa shape index (κ3) is 2.53. The largest absolute Gasteiger partial charge is 0.478 e. The minimum atomic E-state index is -0.857. The van der Waals surface area contributed by atoms with Crippen molar-refractivity contribution >= 4 is 16.9 Å². The van der Waals surface area contributed by atoms with E-state index >= 15 is 0 Å². The Morgan fingerprint density at radius 2 is 1.86 bits per heavy atom. The Morgan fingerprint density at radius 1 is 1.27 bits per heavy atom. The van der Waals surface area contributed by atoms with E-state index < -0.39 is 5.97 Å². The van der Waals surface area contributed by atoms with Gasteiger partial charge in [-0.2, -0.15) is 0 Å². The van der Waals surface area contributed by atoms with Crippen LogP contribution in [0.15, 0.2) is 12.1 Å². The minimum Gasteiger partial charge on any atom is -0.478 e. The first-order chi connectivity index (χ1) is 10.1. The Hall–Kier alpha value is -1.77. The number of carbonyl (C=O) groups is 1. The molecule has 1 aromatic heterocycles. The molecule has 0 spiro atoms. The van der Waals surface area contributed by atoms with Crippen molar-refractivity contribution in [3.63, 3.8) is 0 Å². The smallest absolute Gasteiger partial charge is 0.335 e. The van der Waals surface area contributed by atoms with Gasteiger partial charge < -0.3 is 9.67 Å². The summed E-state index contributed by atoms with van der Waals surface area (Å²) in [7, 11) is 0. The fourth-order valence-corrected chi connectivity index (χ4v) is 3.46. The lowest BCUT2D eigenvalue weighted by molar-refractivity contribution is 0.0697. The molecule has 0 bridgehead atoms. The van der Waals surface area contributed by atoms with Crippen molar-refractivity contribution < 1.29 is 9.90 Å². The van der Waals surface area contributed by atoms with Crippen LogP contribution in [0.1, 0.15) is 74.6 Å². The Morgan fingerprint density at radius 3 is 2.27 bits per heavy atom. The predicted octanol–water partition coefficient (Wildman–Crippen LogP) is 5.09. The second-order valence-corrected chi connectivity index (χ2v) is 7.37. The number of fused-ring (bicyclic) bond motifs is 1. The number of rotatable bonds is 3.